The number of piperazine rings is 1. The zero-order chi connectivity index (χ0) is 20.4. The fraction of sp³-hybridized carbons (Fsp3) is 0.480. The van der Waals surface area contributed by atoms with Crippen LogP contribution in [0.5, 0.6) is 0 Å². The summed E-state index contributed by atoms with van der Waals surface area (Å²) in [5.41, 5.74) is 4.77. The van der Waals surface area contributed by atoms with Gasteiger partial charge in [0.25, 0.3) is 5.91 Å². The summed E-state index contributed by atoms with van der Waals surface area (Å²) in [4.78, 5) is 20.2. The van der Waals surface area contributed by atoms with Gasteiger partial charge in [-0.3, -0.25) is 9.69 Å². The predicted octanol–water partition coefficient (Wildman–Crippen LogP) is 3.68. The third-order valence-corrected chi connectivity index (χ3v) is 7.05. The summed E-state index contributed by atoms with van der Waals surface area (Å²) in [5, 5.41) is 0. The van der Waals surface area contributed by atoms with Crippen LogP contribution >= 0.6 is 0 Å². The van der Waals surface area contributed by atoms with E-state index in [1.807, 2.05) is 17.0 Å². The molecule has 0 aromatic heterocycles. The van der Waals surface area contributed by atoms with Gasteiger partial charge in [-0.25, -0.2) is 0 Å². The third-order valence-electron chi connectivity index (χ3n) is 7.05. The number of carbonyl (C=O) groups excluding carboxylic acids is 1. The van der Waals surface area contributed by atoms with Crippen molar-refractivity contribution in [1.82, 2.24) is 14.7 Å². The second-order valence-electron chi connectivity index (χ2n) is 8.78. The maximum Gasteiger partial charge on any atom is 0.253 e. The van der Waals surface area contributed by atoms with Crippen LogP contribution in [0, 0.1) is 13.8 Å². The zero-order valence-electron chi connectivity index (χ0n) is 18.0. The average molecular weight is 392 g/mol. The van der Waals surface area contributed by atoms with Crippen molar-refractivity contribution in [2.75, 3.05) is 46.3 Å². The Balaban J connectivity index is 1.49. The number of hydrogen-bond donors (Lipinski definition) is 0. The lowest BCUT2D eigenvalue weighted by molar-refractivity contribution is -0.00752. The molecule has 0 aliphatic carbocycles. The molecule has 0 bridgehead atoms. The molecule has 0 spiro atoms. The minimum Gasteiger partial charge on any atom is -0.336 e. The van der Waals surface area contributed by atoms with Crippen molar-refractivity contribution in [3.63, 3.8) is 0 Å². The number of benzene rings is 2. The summed E-state index contributed by atoms with van der Waals surface area (Å²) in [6.07, 6.45) is 2.30. The van der Waals surface area contributed by atoms with Crippen molar-refractivity contribution in [3.8, 4) is 0 Å². The van der Waals surface area contributed by atoms with Gasteiger partial charge in [0.2, 0.25) is 0 Å². The maximum atomic E-state index is 13.0. The Morgan fingerprint density at radius 1 is 0.828 bits per heavy atom. The molecule has 0 unspecified atom stereocenters. The average Bonchev–Trinajstić information content (AvgIpc) is 2.77. The molecule has 0 radical (unpaired) electrons. The van der Waals surface area contributed by atoms with Gasteiger partial charge >= 0.3 is 0 Å². The summed E-state index contributed by atoms with van der Waals surface area (Å²) in [5.74, 6) is 0.171. The fourth-order valence-corrected chi connectivity index (χ4v) is 4.92. The van der Waals surface area contributed by atoms with Crippen molar-refractivity contribution < 1.29 is 4.79 Å². The number of rotatable bonds is 3. The lowest BCUT2D eigenvalue weighted by Crippen LogP contribution is -2.59. The van der Waals surface area contributed by atoms with Crippen LogP contribution in [-0.4, -0.2) is 66.9 Å². The Labute approximate surface area is 175 Å². The highest BCUT2D eigenvalue weighted by Crippen LogP contribution is 2.39. The minimum absolute atomic E-state index is 0.101. The smallest absolute Gasteiger partial charge is 0.253 e. The molecule has 0 saturated carbocycles. The lowest BCUT2D eigenvalue weighted by Gasteiger charge is -2.51. The van der Waals surface area contributed by atoms with Crippen molar-refractivity contribution in [3.05, 3.63) is 70.8 Å². The van der Waals surface area contributed by atoms with Crippen molar-refractivity contribution in [2.24, 2.45) is 0 Å². The predicted molar refractivity (Wildman–Crippen MR) is 118 cm³/mol. The van der Waals surface area contributed by atoms with Gasteiger partial charge in [-0.2, -0.15) is 0 Å². The summed E-state index contributed by atoms with van der Waals surface area (Å²) in [6, 6.07) is 17.1. The van der Waals surface area contributed by atoms with Crippen LogP contribution < -0.4 is 0 Å². The Bertz CT molecular complexity index is 848. The normalized spacial score (nSPS) is 20.6. The molecule has 2 aliphatic rings. The van der Waals surface area contributed by atoms with E-state index in [0.717, 1.165) is 57.7 Å². The molecule has 4 heteroatoms. The van der Waals surface area contributed by atoms with E-state index >= 15 is 0 Å². The molecule has 2 aromatic rings. The number of nitrogens with zero attached hydrogens (tertiary/aromatic N) is 3. The summed E-state index contributed by atoms with van der Waals surface area (Å²) >= 11 is 0. The van der Waals surface area contributed by atoms with E-state index in [4.69, 9.17) is 0 Å². The third kappa shape index (κ3) is 3.96. The Morgan fingerprint density at radius 2 is 1.48 bits per heavy atom. The standard InChI is InChI=1S/C25H33N3O/c1-20-9-10-22(19-21(20)2)24(29)27-15-17-28(18-16-27)25(11-13-26(3)14-12-25)23-7-5-4-6-8-23/h4-10,19H,11-18H2,1-3H3. The second-order valence-corrected chi connectivity index (χ2v) is 8.78. The first-order valence-corrected chi connectivity index (χ1v) is 10.9. The van der Waals surface area contributed by atoms with Gasteiger partial charge in [-0.05, 0) is 75.6 Å². The molecule has 2 aliphatic heterocycles. The molecule has 2 heterocycles. The van der Waals surface area contributed by atoms with Crippen molar-refractivity contribution in [1.29, 1.82) is 0 Å². The van der Waals surface area contributed by atoms with E-state index in [1.165, 1.54) is 16.7 Å². The van der Waals surface area contributed by atoms with Gasteiger partial charge in [-0.15, -0.1) is 0 Å². The van der Waals surface area contributed by atoms with Crippen LogP contribution in [0.15, 0.2) is 48.5 Å². The quantitative estimate of drug-likeness (QED) is 0.799. The Morgan fingerprint density at radius 3 is 2.10 bits per heavy atom. The van der Waals surface area contributed by atoms with Crippen LogP contribution in [0.4, 0.5) is 0 Å². The van der Waals surface area contributed by atoms with Crippen LogP contribution in [0.2, 0.25) is 0 Å². The van der Waals surface area contributed by atoms with E-state index in [1.54, 1.807) is 0 Å². The second kappa shape index (κ2) is 8.29. The fourth-order valence-electron chi connectivity index (χ4n) is 4.92. The number of carbonyl (C=O) groups is 1. The molecular weight excluding hydrogens is 358 g/mol. The maximum absolute atomic E-state index is 13.0. The molecule has 2 saturated heterocycles. The van der Waals surface area contributed by atoms with E-state index in [2.05, 4.69) is 67.1 Å². The van der Waals surface area contributed by atoms with Gasteiger partial charge in [0, 0.05) is 37.3 Å². The molecule has 4 rings (SSSR count). The van der Waals surface area contributed by atoms with Gasteiger partial charge in [0.15, 0.2) is 0 Å². The first-order chi connectivity index (χ1) is 14.0. The van der Waals surface area contributed by atoms with Crippen molar-refractivity contribution >= 4 is 5.91 Å². The highest BCUT2D eigenvalue weighted by molar-refractivity contribution is 5.94. The first kappa shape index (κ1) is 20.1. The topological polar surface area (TPSA) is 26.8 Å². The lowest BCUT2D eigenvalue weighted by atomic mass is 9.79. The van der Waals surface area contributed by atoms with E-state index in [9.17, 15) is 4.79 Å². The Hall–Kier alpha value is -2.17. The molecule has 2 fully saturated rings. The molecular formula is C25H33N3O. The summed E-state index contributed by atoms with van der Waals surface area (Å²) in [6.45, 7) is 9.89. The number of piperidine rings is 1. The number of hydrogen-bond acceptors (Lipinski definition) is 3. The minimum atomic E-state index is 0.101. The molecule has 2 aromatic carbocycles. The van der Waals surface area contributed by atoms with Crippen LogP contribution in [0.1, 0.15) is 39.9 Å². The van der Waals surface area contributed by atoms with Gasteiger partial charge in [0.05, 0.1) is 0 Å². The molecule has 0 N–H and O–H groups in total. The van der Waals surface area contributed by atoms with Gasteiger partial charge < -0.3 is 9.80 Å². The van der Waals surface area contributed by atoms with E-state index in [-0.39, 0.29) is 11.4 Å². The molecule has 4 nitrogen and oxygen atoms in total. The molecule has 0 atom stereocenters. The first-order valence-electron chi connectivity index (χ1n) is 10.9. The van der Waals surface area contributed by atoms with Crippen LogP contribution in [0.25, 0.3) is 0 Å². The highest BCUT2D eigenvalue weighted by atomic mass is 16.2. The molecule has 154 valence electrons. The number of amides is 1. The monoisotopic (exact) mass is 391 g/mol. The van der Waals surface area contributed by atoms with Crippen molar-refractivity contribution in [2.45, 2.75) is 32.2 Å². The van der Waals surface area contributed by atoms with Crippen LogP contribution in [-0.2, 0) is 5.54 Å². The molecule has 1 amide bonds. The number of likely N-dealkylation sites (tertiary alicyclic amines) is 1. The van der Waals surface area contributed by atoms with Gasteiger partial charge in [0.1, 0.15) is 0 Å². The highest BCUT2D eigenvalue weighted by Gasteiger charge is 2.42. The SMILES string of the molecule is Cc1ccc(C(=O)N2CCN(C3(c4ccccc4)CCN(C)CC3)CC2)cc1C. The van der Waals surface area contributed by atoms with Crippen LogP contribution in [0.3, 0.4) is 0 Å². The van der Waals surface area contributed by atoms with E-state index in [0.29, 0.717) is 0 Å². The summed E-state index contributed by atoms with van der Waals surface area (Å²) in [7, 11) is 2.22. The van der Waals surface area contributed by atoms with E-state index < -0.39 is 0 Å². The largest absolute Gasteiger partial charge is 0.336 e. The zero-order valence-corrected chi connectivity index (χ0v) is 18.0. The number of aryl methyl sites for hydroxylation is 2. The Kier molecular flexibility index (Phi) is 5.75. The summed E-state index contributed by atoms with van der Waals surface area (Å²) < 4.78 is 0. The van der Waals surface area contributed by atoms with Gasteiger partial charge in [-0.1, -0.05) is 36.4 Å². The molecule has 29 heavy (non-hydrogen) atoms.